The molecule has 5 heteroatoms. The molecule has 0 bridgehead atoms. The van der Waals surface area contributed by atoms with E-state index in [2.05, 4.69) is 5.32 Å². The minimum Gasteiger partial charge on any atom is -0.356 e. The standard InChI is InChI=1S/C18H16N2O2S/c1-13-17(20(21)22)12-23-18(13)11-14-7-9-16(10-8-14)19-15-5-3-2-4-6-15/h2-11,19H,12H2,1H3/b18-11-. The monoisotopic (exact) mass is 324 g/mol. The van der Waals surface area contributed by atoms with Gasteiger partial charge in [0.15, 0.2) is 0 Å². The summed E-state index contributed by atoms with van der Waals surface area (Å²) >= 11 is 1.52. The maximum absolute atomic E-state index is 10.9. The maximum Gasteiger partial charge on any atom is 0.260 e. The molecule has 0 atom stereocenters. The van der Waals surface area contributed by atoms with E-state index in [1.807, 2.05) is 67.6 Å². The molecule has 0 aliphatic carbocycles. The topological polar surface area (TPSA) is 55.2 Å². The number of para-hydroxylation sites is 1. The lowest BCUT2D eigenvalue weighted by Crippen LogP contribution is -1.99. The molecule has 4 nitrogen and oxygen atoms in total. The third kappa shape index (κ3) is 3.63. The second-order valence-electron chi connectivity index (χ2n) is 5.24. The van der Waals surface area contributed by atoms with Crippen LogP contribution in [-0.2, 0) is 0 Å². The minimum absolute atomic E-state index is 0.282. The molecule has 2 aromatic rings. The van der Waals surface area contributed by atoms with Crippen molar-refractivity contribution in [3.8, 4) is 0 Å². The van der Waals surface area contributed by atoms with E-state index in [0.717, 1.165) is 27.4 Å². The number of thioether (sulfide) groups is 1. The van der Waals surface area contributed by atoms with Crippen LogP contribution in [0, 0.1) is 10.1 Å². The van der Waals surface area contributed by atoms with Gasteiger partial charge >= 0.3 is 0 Å². The summed E-state index contributed by atoms with van der Waals surface area (Å²) in [5, 5.41) is 14.3. The Bertz CT molecular complexity index is 780. The predicted octanol–water partition coefficient (Wildman–Crippen LogP) is 5.07. The molecule has 2 aromatic carbocycles. The highest BCUT2D eigenvalue weighted by Crippen LogP contribution is 2.37. The van der Waals surface area contributed by atoms with Crippen molar-refractivity contribution in [2.24, 2.45) is 0 Å². The average Bonchev–Trinajstić information content (AvgIpc) is 2.91. The van der Waals surface area contributed by atoms with Crippen LogP contribution in [0.3, 0.4) is 0 Å². The molecular formula is C18H16N2O2S. The Labute approximate surface area is 139 Å². The molecule has 1 aliphatic heterocycles. The van der Waals surface area contributed by atoms with Gasteiger partial charge in [0.1, 0.15) is 0 Å². The Morgan fingerprint density at radius 3 is 2.35 bits per heavy atom. The summed E-state index contributed by atoms with van der Waals surface area (Å²) in [7, 11) is 0. The Balaban J connectivity index is 1.76. The summed E-state index contributed by atoms with van der Waals surface area (Å²) in [4.78, 5) is 11.6. The predicted molar refractivity (Wildman–Crippen MR) is 96.3 cm³/mol. The molecule has 0 amide bonds. The van der Waals surface area contributed by atoms with Crippen LogP contribution in [-0.4, -0.2) is 10.7 Å². The van der Waals surface area contributed by atoms with Crippen LogP contribution in [0.4, 0.5) is 11.4 Å². The SMILES string of the molecule is CC1=C([N+](=O)[O-])CS/C1=C\c1ccc(Nc2ccccc2)cc1. The Morgan fingerprint density at radius 1 is 1.09 bits per heavy atom. The number of nitrogens with zero attached hydrogens (tertiary/aromatic N) is 1. The Kier molecular flexibility index (Phi) is 4.48. The molecule has 1 N–H and O–H groups in total. The van der Waals surface area contributed by atoms with Crippen molar-refractivity contribution in [1.82, 2.24) is 0 Å². The fraction of sp³-hybridized carbons (Fsp3) is 0.111. The average molecular weight is 324 g/mol. The molecule has 0 aromatic heterocycles. The number of anilines is 2. The van der Waals surface area contributed by atoms with Crippen LogP contribution in [0.2, 0.25) is 0 Å². The van der Waals surface area contributed by atoms with Crippen LogP contribution >= 0.6 is 11.8 Å². The van der Waals surface area contributed by atoms with Crippen LogP contribution in [0.25, 0.3) is 6.08 Å². The number of nitrogens with one attached hydrogen (secondary N) is 1. The number of hydrogen-bond acceptors (Lipinski definition) is 4. The Morgan fingerprint density at radius 2 is 1.74 bits per heavy atom. The lowest BCUT2D eigenvalue weighted by Gasteiger charge is -2.06. The summed E-state index contributed by atoms with van der Waals surface area (Å²) in [5.74, 6) is 0.443. The molecule has 0 saturated heterocycles. The van der Waals surface area contributed by atoms with E-state index < -0.39 is 0 Å². The van der Waals surface area contributed by atoms with E-state index in [4.69, 9.17) is 0 Å². The van der Waals surface area contributed by atoms with Crippen LogP contribution in [0.15, 0.2) is 70.8 Å². The molecule has 0 unspecified atom stereocenters. The highest BCUT2D eigenvalue weighted by molar-refractivity contribution is 8.03. The van der Waals surface area contributed by atoms with Crippen molar-refractivity contribution in [2.45, 2.75) is 6.92 Å². The van der Waals surface area contributed by atoms with Gasteiger partial charge in [0.05, 0.1) is 10.7 Å². The maximum atomic E-state index is 10.9. The van der Waals surface area contributed by atoms with Crippen LogP contribution in [0.1, 0.15) is 12.5 Å². The molecule has 1 heterocycles. The fourth-order valence-electron chi connectivity index (χ4n) is 2.35. The summed E-state index contributed by atoms with van der Waals surface area (Å²) in [6.07, 6.45) is 2.00. The van der Waals surface area contributed by atoms with E-state index in [0.29, 0.717) is 11.4 Å². The van der Waals surface area contributed by atoms with Crippen LogP contribution in [0.5, 0.6) is 0 Å². The number of hydrogen-bond donors (Lipinski definition) is 1. The first kappa shape index (κ1) is 15.4. The highest BCUT2D eigenvalue weighted by Gasteiger charge is 2.25. The molecule has 1 aliphatic rings. The summed E-state index contributed by atoms with van der Waals surface area (Å²) in [6, 6.07) is 18.0. The molecule has 23 heavy (non-hydrogen) atoms. The van der Waals surface area contributed by atoms with Gasteiger partial charge in [0.25, 0.3) is 5.70 Å². The van der Waals surface area contributed by atoms with Crippen LogP contribution < -0.4 is 5.32 Å². The summed E-state index contributed by atoms with van der Waals surface area (Å²) < 4.78 is 0. The van der Waals surface area contributed by atoms with Gasteiger partial charge in [-0.2, -0.15) is 0 Å². The second kappa shape index (κ2) is 6.71. The smallest absolute Gasteiger partial charge is 0.260 e. The molecule has 0 fully saturated rings. The minimum atomic E-state index is -0.282. The summed E-state index contributed by atoms with van der Waals surface area (Å²) in [6.45, 7) is 1.81. The zero-order chi connectivity index (χ0) is 16.2. The first-order valence-corrected chi connectivity index (χ1v) is 8.23. The number of benzene rings is 2. The normalized spacial score (nSPS) is 16.0. The zero-order valence-electron chi connectivity index (χ0n) is 12.7. The first-order chi connectivity index (χ1) is 11.1. The first-order valence-electron chi connectivity index (χ1n) is 7.24. The largest absolute Gasteiger partial charge is 0.356 e. The second-order valence-corrected chi connectivity index (χ2v) is 6.26. The Hall–Kier alpha value is -2.53. The van der Waals surface area contributed by atoms with E-state index in [1.54, 1.807) is 0 Å². The summed E-state index contributed by atoms with van der Waals surface area (Å²) in [5.41, 5.74) is 4.17. The van der Waals surface area contributed by atoms with Gasteiger partial charge < -0.3 is 5.32 Å². The molecular weight excluding hydrogens is 308 g/mol. The van der Waals surface area contributed by atoms with Crippen molar-refractivity contribution in [3.05, 3.63) is 86.5 Å². The number of rotatable bonds is 4. The molecule has 116 valence electrons. The van der Waals surface area contributed by atoms with Crippen molar-refractivity contribution in [1.29, 1.82) is 0 Å². The number of nitro groups is 1. The van der Waals surface area contributed by atoms with Gasteiger partial charge in [-0.05, 0) is 42.8 Å². The number of allylic oxidation sites excluding steroid dienone is 1. The highest BCUT2D eigenvalue weighted by atomic mass is 32.2. The van der Waals surface area contributed by atoms with Crippen molar-refractivity contribution in [3.63, 3.8) is 0 Å². The quantitative estimate of drug-likeness (QED) is 0.630. The van der Waals surface area contributed by atoms with Crippen molar-refractivity contribution in [2.75, 3.05) is 11.1 Å². The van der Waals surface area contributed by atoms with Gasteiger partial charge in [0.2, 0.25) is 0 Å². The molecule has 0 saturated carbocycles. The van der Waals surface area contributed by atoms with Gasteiger partial charge in [-0.25, -0.2) is 0 Å². The van der Waals surface area contributed by atoms with Gasteiger partial charge in [-0.15, -0.1) is 11.8 Å². The third-order valence-corrected chi connectivity index (χ3v) is 4.81. The lowest BCUT2D eigenvalue weighted by atomic mass is 10.1. The zero-order valence-corrected chi connectivity index (χ0v) is 13.5. The van der Waals surface area contributed by atoms with Gasteiger partial charge in [0, 0.05) is 21.9 Å². The van der Waals surface area contributed by atoms with E-state index in [9.17, 15) is 10.1 Å². The van der Waals surface area contributed by atoms with E-state index in [1.165, 1.54) is 11.8 Å². The van der Waals surface area contributed by atoms with Crippen molar-refractivity contribution >= 4 is 29.2 Å². The molecule has 0 radical (unpaired) electrons. The molecule has 3 rings (SSSR count). The van der Waals surface area contributed by atoms with Gasteiger partial charge in [-0.1, -0.05) is 30.3 Å². The van der Waals surface area contributed by atoms with E-state index in [-0.39, 0.29) is 4.92 Å². The molecule has 0 spiro atoms. The third-order valence-electron chi connectivity index (χ3n) is 3.66. The fourth-order valence-corrected chi connectivity index (χ4v) is 3.51. The lowest BCUT2D eigenvalue weighted by molar-refractivity contribution is -0.424. The van der Waals surface area contributed by atoms with Crippen molar-refractivity contribution < 1.29 is 4.92 Å². The van der Waals surface area contributed by atoms with Gasteiger partial charge in [-0.3, -0.25) is 10.1 Å². The van der Waals surface area contributed by atoms with E-state index >= 15 is 0 Å².